The Morgan fingerprint density at radius 1 is 1.62 bits per heavy atom. The lowest BCUT2D eigenvalue weighted by molar-refractivity contribution is 0.229. The number of carbonyl (C=O) groups is 1. The summed E-state index contributed by atoms with van der Waals surface area (Å²) in [5, 5.41) is 13.8. The molecule has 0 fully saturated rings. The number of aliphatic hydroxyl groups is 1. The Morgan fingerprint density at radius 3 is 2.88 bits per heavy atom. The fourth-order valence-electron chi connectivity index (χ4n) is 1.02. The van der Waals surface area contributed by atoms with Crippen LogP contribution in [0, 0.1) is 5.82 Å². The molecule has 1 aromatic rings. The summed E-state index contributed by atoms with van der Waals surface area (Å²) in [5.41, 5.74) is 0.462. The highest BCUT2D eigenvalue weighted by Crippen LogP contribution is 2.22. The minimum Gasteiger partial charge on any atom is -0.394 e. The first kappa shape index (κ1) is 12.9. The molecule has 2 amide bonds. The van der Waals surface area contributed by atoms with Crippen LogP contribution in [0.5, 0.6) is 0 Å². The molecular weight excluding hydrogens is 279 g/mol. The van der Waals surface area contributed by atoms with Gasteiger partial charge in [-0.2, -0.15) is 0 Å². The molecule has 0 saturated heterocycles. The topological polar surface area (TPSA) is 61.4 Å². The fraction of sp³-hybridized carbons (Fsp3) is 0.300. The Bertz CT molecular complexity index is 387. The third kappa shape index (κ3) is 3.79. The van der Waals surface area contributed by atoms with Crippen molar-refractivity contribution in [2.75, 3.05) is 11.9 Å². The van der Waals surface area contributed by atoms with Gasteiger partial charge < -0.3 is 15.7 Å². The van der Waals surface area contributed by atoms with E-state index >= 15 is 0 Å². The standard InChI is InChI=1S/C10H12BrFN2O2/c1-6(5-15)13-10(16)14-9-3-2-7(12)4-8(9)11/h2-4,6,15H,5H2,1H3,(H2,13,14,16)/t6-/m1/s1. The molecule has 88 valence electrons. The number of urea groups is 1. The van der Waals surface area contributed by atoms with Crippen LogP contribution in [0.3, 0.4) is 0 Å². The minimum atomic E-state index is -0.450. The van der Waals surface area contributed by atoms with Crippen LogP contribution >= 0.6 is 15.9 Å². The van der Waals surface area contributed by atoms with Gasteiger partial charge in [-0.05, 0) is 41.1 Å². The van der Waals surface area contributed by atoms with Crippen LogP contribution in [0.2, 0.25) is 0 Å². The molecule has 0 heterocycles. The maximum atomic E-state index is 12.8. The van der Waals surface area contributed by atoms with Gasteiger partial charge in [0.05, 0.1) is 18.3 Å². The molecule has 0 aliphatic carbocycles. The summed E-state index contributed by atoms with van der Waals surface area (Å²) in [4.78, 5) is 11.4. The molecule has 1 aromatic carbocycles. The predicted molar refractivity (Wildman–Crippen MR) is 62.8 cm³/mol. The van der Waals surface area contributed by atoms with E-state index < -0.39 is 6.03 Å². The van der Waals surface area contributed by atoms with Gasteiger partial charge in [-0.1, -0.05) is 0 Å². The molecule has 6 heteroatoms. The molecule has 0 bridgehead atoms. The van der Waals surface area contributed by atoms with Gasteiger partial charge in [-0.15, -0.1) is 0 Å². The maximum absolute atomic E-state index is 12.8. The molecule has 3 N–H and O–H groups in total. The number of anilines is 1. The van der Waals surface area contributed by atoms with Crippen molar-refractivity contribution in [2.45, 2.75) is 13.0 Å². The molecule has 0 radical (unpaired) electrons. The third-order valence-electron chi connectivity index (χ3n) is 1.83. The van der Waals surface area contributed by atoms with E-state index in [0.717, 1.165) is 0 Å². The molecule has 1 rings (SSSR count). The summed E-state index contributed by atoms with van der Waals surface area (Å²) in [6.45, 7) is 1.53. The van der Waals surface area contributed by atoms with E-state index in [1.54, 1.807) is 6.92 Å². The van der Waals surface area contributed by atoms with Gasteiger partial charge in [0.15, 0.2) is 0 Å². The second-order valence-electron chi connectivity index (χ2n) is 3.31. The summed E-state index contributed by atoms with van der Waals surface area (Å²) in [5.74, 6) is -0.387. The van der Waals surface area contributed by atoms with Gasteiger partial charge in [-0.25, -0.2) is 9.18 Å². The molecule has 0 saturated carbocycles. The lowest BCUT2D eigenvalue weighted by Gasteiger charge is -2.12. The Labute approximate surface area is 101 Å². The zero-order valence-corrected chi connectivity index (χ0v) is 10.2. The van der Waals surface area contributed by atoms with Crippen molar-refractivity contribution in [3.63, 3.8) is 0 Å². The molecule has 0 spiro atoms. The molecule has 1 atom stereocenters. The van der Waals surface area contributed by atoms with E-state index in [2.05, 4.69) is 26.6 Å². The van der Waals surface area contributed by atoms with Crippen LogP contribution in [0.4, 0.5) is 14.9 Å². The number of amides is 2. The second-order valence-corrected chi connectivity index (χ2v) is 4.16. The summed E-state index contributed by atoms with van der Waals surface area (Å²) in [6, 6.07) is 3.16. The van der Waals surface area contributed by atoms with Crippen LogP contribution in [-0.4, -0.2) is 23.8 Å². The van der Waals surface area contributed by atoms with Crippen molar-refractivity contribution >= 4 is 27.6 Å². The zero-order chi connectivity index (χ0) is 12.1. The van der Waals surface area contributed by atoms with Crippen molar-refractivity contribution in [1.82, 2.24) is 5.32 Å². The van der Waals surface area contributed by atoms with Gasteiger partial charge in [0.1, 0.15) is 5.82 Å². The highest BCUT2D eigenvalue weighted by Gasteiger charge is 2.08. The molecule has 0 aliphatic heterocycles. The molecule has 0 aromatic heterocycles. The largest absolute Gasteiger partial charge is 0.394 e. The number of benzene rings is 1. The first-order valence-electron chi connectivity index (χ1n) is 4.66. The molecule has 0 unspecified atom stereocenters. The number of carbonyl (C=O) groups excluding carboxylic acids is 1. The second kappa shape index (κ2) is 5.81. The lowest BCUT2D eigenvalue weighted by Crippen LogP contribution is -2.38. The zero-order valence-electron chi connectivity index (χ0n) is 8.63. The lowest BCUT2D eigenvalue weighted by atomic mass is 10.3. The van der Waals surface area contributed by atoms with Gasteiger partial charge in [0.2, 0.25) is 0 Å². The number of aliphatic hydroxyl groups excluding tert-OH is 1. The number of nitrogens with one attached hydrogen (secondary N) is 2. The summed E-state index contributed by atoms with van der Waals surface area (Å²) in [7, 11) is 0. The third-order valence-corrected chi connectivity index (χ3v) is 2.49. The molecule has 0 aliphatic rings. The van der Waals surface area contributed by atoms with Crippen LogP contribution in [0.1, 0.15) is 6.92 Å². The molecule has 16 heavy (non-hydrogen) atoms. The van der Waals surface area contributed by atoms with E-state index in [1.165, 1.54) is 18.2 Å². The van der Waals surface area contributed by atoms with E-state index in [4.69, 9.17) is 5.11 Å². The Kier molecular flexibility index (Phi) is 4.70. The summed E-state index contributed by atoms with van der Waals surface area (Å²) in [6.07, 6.45) is 0. The van der Waals surface area contributed by atoms with Gasteiger partial charge in [-0.3, -0.25) is 0 Å². The average molecular weight is 291 g/mol. The fourth-order valence-corrected chi connectivity index (χ4v) is 1.47. The Balaban J connectivity index is 2.63. The Morgan fingerprint density at radius 2 is 2.31 bits per heavy atom. The highest BCUT2D eigenvalue weighted by molar-refractivity contribution is 9.10. The van der Waals surface area contributed by atoms with Gasteiger partial charge >= 0.3 is 6.03 Å². The molecule has 4 nitrogen and oxygen atoms in total. The van der Waals surface area contributed by atoms with Gasteiger partial charge in [0, 0.05) is 4.47 Å². The van der Waals surface area contributed by atoms with Crippen LogP contribution in [0.25, 0.3) is 0 Å². The van der Waals surface area contributed by atoms with Crippen LogP contribution in [-0.2, 0) is 0 Å². The summed E-state index contributed by atoms with van der Waals surface area (Å²) < 4.78 is 13.2. The molecular formula is C10H12BrFN2O2. The quantitative estimate of drug-likeness (QED) is 0.798. The van der Waals surface area contributed by atoms with Crippen LogP contribution in [0.15, 0.2) is 22.7 Å². The highest BCUT2D eigenvalue weighted by atomic mass is 79.9. The van der Waals surface area contributed by atoms with Crippen molar-refractivity contribution in [3.8, 4) is 0 Å². The van der Waals surface area contributed by atoms with Crippen molar-refractivity contribution in [3.05, 3.63) is 28.5 Å². The van der Waals surface area contributed by atoms with E-state index in [-0.39, 0.29) is 18.5 Å². The van der Waals surface area contributed by atoms with Crippen molar-refractivity contribution in [1.29, 1.82) is 0 Å². The number of halogens is 2. The maximum Gasteiger partial charge on any atom is 0.319 e. The Hall–Kier alpha value is -1.14. The van der Waals surface area contributed by atoms with E-state index in [1.807, 2.05) is 0 Å². The predicted octanol–water partition coefficient (Wildman–Crippen LogP) is 2.09. The first-order valence-corrected chi connectivity index (χ1v) is 5.45. The smallest absolute Gasteiger partial charge is 0.319 e. The number of hydrogen-bond acceptors (Lipinski definition) is 2. The van der Waals surface area contributed by atoms with Crippen molar-refractivity contribution < 1.29 is 14.3 Å². The normalized spacial score (nSPS) is 12.0. The van der Waals surface area contributed by atoms with Crippen LogP contribution < -0.4 is 10.6 Å². The van der Waals surface area contributed by atoms with E-state index in [9.17, 15) is 9.18 Å². The monoisotopic (exact) mass is 290 g/mol. The first-order chi connectivity index (χ1) is 7.52. The minimum absolute atomic E-state index is 0.141. The van der Waals surface area contributed by atoms with Gasteiger partial charge in [0.25, 0.3) is 0 Å². The summed E-state index contributed by atoms with van der Waals surface area (Å²) >= 11 is 3.13. The SMILES string of the molecule is C[C@H](CO)NC(=O)Nc1ccc(F)cc1Br. The van der Waals surface area contributed by atoms with Crippen molar-refractivity contribution in [2.24, 2.45) is 0 Å². The number of hydrogen-bond donors (Lipinski definition) is 3. The van der Waals surface area contributed by atoms with E-state index in [0.29, 0.717) is 10.2 Å². The number of rotatable bonds is 3. The average Bonchev–Trinajstić information content (AvgIpc) is 2.22.